The van der Waals surface area contributed by atoms with Crippen LogP contribution in [0.1, 0.15) is 5.56 Å². The fraction of sp³-hybridized carbons (Fsp3) is 0.0769. The van der Waals surface area contributed by atoms with Crippen molar-refractivity contribution in [2.45, 2.75) is 6.18 Å². The molecule has 2 aromatic carbocycles. The summed E-state index contributed by atoms with van der Waals surface area (Å²) < 4.78 is 43.2. The van der Waals surface area contributed by atoms with Crippen LogP contribution in [-0.4, -0.2) is 9.85 Å². The van der Waals surface area contributed by atoms with Crippen LogP contribution in [0.25, 0.3) is 0 Å². The van der Waals surface area contributed by atoms with Crippen LogP contribution in [0.4, 0.5) is 24.5 Å². The molecule has 0 aromatic heterocycles. The van der Waals surface area contributed by atoms with Crippen LogP contribution in [0.3, 0.4) is 0 Å². The fourth-order valence-electron chi connectivity index (χ4n) is 1.74. The van der Waals surface area contributed by atoms with Crippen molar-refractivity contribution in [3.05, 3.63) is 68.3 Å². The van der Waals surface area contributed by atoms with Gasteiger partial charge < -0.3 is 4.74 Å². The van der Waals surface area contributed by atoms with Gasteiger partial charge in [0, 0.05) is 12.1 Å². The van der Waals surface area contributed by atoms with Crippen molar-refractivity contribution in [2.75, 3.05) is 0 Å². The summed E-state index contributed by atoms with van der Waals surface area (Å²) in [6.45, 7) is 0. The summed E-state index contributed by atoms with van der Waals surface area (Å²) >= 11 is 0. The van der Waals surface area contributed by atoms with Crippen LogP contribution in [0, 0.1) is 20.2 Å². The Morgan fingerprint density at radius 3 is 1.91 bits per heavy atom. The van der Waals surface area contributed by atoms with Gasteiger partial charge in [0.1, 0.15) is 17.1 Å². The normalized spacial score (nSPS) is 11.1. The Kier molecular flexibility index (Phi) is 4.16. The van der Waals surface area contributed by atoms with E-state index >= 15 is 0 Å². The lowest BCUT2D eigenvalue weighted by Gasteiger charge is -2.10. The van der Waals surface area contributed by atoms with Crippen molar-refractivity contribution in [3.8, 4) is 11.5 Å². The second kappa shape index (κ2) is 5.91. The summed E-state index contributed by atoms with van der Waals surface area (Å²) in [4.78, 5) is 19.5. The molecule has 2 rings (SSSR count). The average molecular weight is 328 g/mol. The molecule has 120 valence electrons. The zero-order chi connectivity index (χ0) is 17.2. The van der Waals surface area contributed by atoms with E-state index in [0.717, 1.165) is 18.2 Å². The van der Waals surface area contributed by atoms with Crippen molar-refractivity contribution < 1.29 is 27.8 Å². The van der Waals surface area contributed by atoms with Crippen LogP contribution >= 0.6 is 0 Å². The molecule has 0 heterocycles. The first-order valence-corrected chi connectivity index (χ1v) is 5.96. The summed E-state index contributed by atoms with van der Waals surface area (Å²) in [5, 5.41) is 21.3. The maximum atomic E-state index is 12.7. The first kappa shape index (κ1) is 16.2. The second-order valence-corrected chi connectivity index (χ2v) is 4.29. The second-order valence-electron chi connectivity index (χ2n) is 4.29. The predicted octanol–water partition coefficient (Wildman–Crippen LogP) is 4.31. The molecule has 0 atom stereocenters. The number of nitrogens with zero attached hydrogens (tertiary/aromatic N) is 2. The lowest BCUT2D eigenvalue weighted by atomic mass is 10.1. The Bertz CT molecular complexity index is 759. The molecule has 0 aliphatic carbocycles. The summed E-state index contributed by atoms with van der Waals surface area (Å²) in [5.41, 5.74) is -2.73. The van der Waals surface area contributed by atoms with E-state index in [4.69, 9.17) is 4.74 Å². The summed E-state index contributed by atoms with van der Waals surface area (Å²) in [6, 6.07) is 6.82. The van der Waals surface area contributed by atoms with Gasteiger partial charge in [-0.1, -0.05) is 0 Å². The molecule has 0 radical (unpaired) electrons. The highest BCUT2D eigenvalue weighted by molar-refractivity contribution is 5.49. The quantitative estimate of drug-likeness (QED) is 0.615. The molecule has 0 fully saturated rings. The molecule has 2 aromatic rings. The van der Waals surface area contributed by atoms with Gasteiger partial charge in [-0.25, -0.2) is 0 Å². The predicted molar refractivity (Wildman–Crippen MR) is 71.3 cm³/mol. The minimum Gasteiger partial charge on any atom is -0.457 e. The fourth-order valence-corrected chi connectivity index (χ4v) is 1.74. The van der Waals surface area contributed by atoms with Crippen LogP contribution in [0.15, 0.2) is 42.5 Å². The zero-order valence-corrected chi connectivity index (χ0v) is 11.1. The lowest BCUT2D eigenvalue weighted by Crippen LogP contribution is -2.08. The Morgan fingerprint density at radius 1 is 0.870 bits per heavy atom. The smallest absolute Gasteiger partial charge is 0.423 e. The van der Waals surface area contributed by atoms with E-state index in [0.29, 0.717) is 12.1 Å². The minimum absolute atomic E-state index is 0.0876. The molecule has 0 bridgehead atoms. The molecule has 0 aliphatic rings. The summed E-state index contributed by atoms with van der Waals surface area (Å²) in [6.07, 6.45) is -4.87. The number of ether oxygens (including phenoxy) is 1. The number of nitro groups is 2. The monoisotopic (exact) mass is 328 g/mol. The number of benzene rings is 2. The van der Waals surface area contributed by atoms with Crippen molar-refractivity contribution in [2.24, 2.45) is 0 Å². The summed E-state index contributed by atoms with van der Waals surface area (Å²) in [5.74, 6) is -0.108. The molecule has 7 nitrogen and oxygen atoms in total. The summed E-state index contributed by atoms with van der Waals surface area (Å²) in [7, 11) is 0. The molecule has 0 saturated heterocycles. The largest absolute Gasteiger partial charge is 0.457 e. The Morgan fingerprint density at radius 2 is 1.43 bits per heavy atom. The minimum atomic E-state index is -4.87. The van der Waals surface area contributed by atoms with Crippen LogP contribution in [0.2, 0.25) is 0 Å². The number of hydrogen-bond donors (Lipinski definition) is 0. The lowest BCUT2D eigenvalue weighted by molar-refractivity contribution is -0.388. The van der Waals surface area contributed by atoms with E-state index in [2.05, 4.69) is 0 Å². The molecule has 10 heteroatoms. The maximum absolute atomic E-state index is 12.7. The van der Waals surface area contributed by atoms with Gasteiger partial charge in [0.2, 0.25) is 0 Å². The number of non-ortho nitro benzene ring substituents is 1. The van der Waals surface area contributed by atoms with E-state index in [-0.39, 0.29) is 17.2 Å². The van der Waals surface area contributed by atoms with E-state index in [1.54, 1.807) is 0 Å². The highest BCUT2D eigenvalue weighted by Gasteiger charge is 2.38. The van der Waals surface area contributed by atoms with E-state index in [1.807, 2.05) is 0 Å². The topological polar surface area (TPSA) is 95.5 Å². The number of hydrogen-bond acceptors (Lipinski definition) is 5. The molecule has 23 heavy (non-hydrogen) atoms. The van der Waals surface area contributed by atoms with E-state index < -0.39 is 27.3 Å². The van der Waals surface area contributed by atoms with Crippen molar-refractivity contribution >= 4 is 11.4 Å². The third-order valence-corrected chi connectivity index (χ3v) is 2.75. The third-order valence-electron chi connectivity index (χ3n) is 2.75. The standard InChI is InChI=1S/C13H7F3N2O5/c14-13(15,16)11-6-5-10(7-12(11)18(21)22)23-9-3-1-8(2-4-9)17(19)20/h1-7H. The van der Waals surface area contributed by atoms with Crippen LogP contribution < -0.4 is 4.74 Å². The Balaban J connectivity index is 2.32. The van der Waals surface area contributed by atoms with Crippen molar-refractivity contribution in [1.82, 2.24) is 0 Å². The number of alkyl halides is 3. The highest BCUT2D eigenvalue weighted by Crippen LogP contribution is 2.38. The molecule has 0 N–H and O–H groups in total. The first-order chi connectivity index (χ1) is 10.7. The van der Waals surface area contributed by atoms with Gasteiger partial charge in [0.05, 0.1) is 15.9 Å². The number of nitro benzene ring substituents is 2. The van der Waals surface area contributed by atoms with E-state index in [9.17, 15) is 33.4 Å². The van der Waals surface area contributed by atoms with Crippen LogP contribution in [0.5, 0.6) is 11.5 Å². The Labute approximate surface area is 126 Å². The molecular formula is C13H7F3N2O5. The van der Waals surface area contributed by atoms with Gasteiger partial charge in [0.15, 0.2) is 0 Å². The SMILES string of the molecule is O=[N+]([O-])c1ccc(Oc2ccc(C(F)(F)F)c([N+](=O)[O-])c2)cc1. The van der Waals surface area contributed by atoms with E-state index in [1.165, 1.54) is 12.1 Å². The molecule has 0 amide bonds. The van der Waals surface area contributed by atoms with Gasteiger partial charge in [0.25, 0.3) is 11.4 Å². The first-order valence-electron chi connectivity index (χ1n) is 5.96. The number of rotatable bonds is 4. The number of halogens is 3. The van der Waals surface area contributed by atoms with Crippen LogP contribution in [-0.2, 0) is 6.18 Å². The molecule has 0 spiro atoms. The Hall–Kier alpha value is -3.17. The van der Waals surface area contributed by atoms with Gasteiger partial charge in [-0.05, 0) is 24.3 Å². The maximum Gasteiger partial charge on any atom is 0.423 e. The van der Waals surface area contributed by atoms with Gasteiger partial charge >= 0.3 is 6.18 Å². The van der Waals surface area contributed by atoms with Gasteiger partial charge in [-0.15, -0.1) is 0 Å². The van der Waals surface area contributed by atoms with Gasteiger partial charge in [-0.3, -0.25) is 20.2 Å². The molecular weight excluding hydrogens is 321 g/mol. The molecule has 0 unspecified atom stereocenters. The third kappa shape index (κ3) is 3.73. The van der Waals surface area contributed by atoms with Crippen molar-refractivity contribution in [1.29, 1.82) is 0 Å². The highest BCUT2D eigenvalue weighted by atomic mass is 19.4. The molecule has 0 saturated carbocycles. The zero-order valence-electron chi connectivity index (χ0n) is 11.1. The van der Waals surface area contributed by atoms with Crippen molar-refractivity contribution in [3.63, 3.8) is 0 Å². The molecule has 0 aliphatic heterocycles. The average Bonchev–Trinajstić information content (AvgIpc) is 2.46. The van der Waals surface area contributed by atoms with Gasteiger partial charge in [-0.2, -0.15) is 13.2 Å².